The maximum absolute atomic E-state index is 12.2. The van der Waals surface area contributed by atoms with Crippen LogP contribution in [0.2, 0.25) is 0 Å². The molecule has 0 aliphatic heterocycles. The van der Waals surface area contributed by atoms with Gasteiger partial charge < -0.3 is 5.32 Å². The Morgan fingerprint density at radius 3 is 2.08 bits per heavy atom. The summed E-state index contributed by atoms with van der Waals surface area (Å²) in [6, 6.07) is -0.115. The third-order valence-corrected chi connectivity index (χ3v) is 2.45. The van der Waals surface area contributed by atoms with Crippen LogP contribution in [0.4, 0.5) is 13.2 Å². The summed E-state index contributed by atoms with van der Waals surface area (Å²) in [5, 5.41) is 2.38. The average molecular weight is 194 g/mol. The Bertz CT molecular complexity index is 173. The van der Waals surface area contributed by atoms with Crippen LogP contribution >= 0.6 is 0 Å². The second-order valence-electron chi connectivity index (χ2n) is 3.34. The molecule has 0 spiro atoms. The molecule has 0 unspecified atom stereocenters. The van der Waals surface area contributed by atoms with Crippen LogP contribution in [0.25, 0.3) is 0 Å². The van der Waals surface area contributed by atoms with Crippen molar-refractivity contribution in [2.75, 3.05) is 0 Å². The minimum atomic E-state index is -4.07. The molecule has 5 heteroatoms. The van der Waals surface area contributed by atoms with E-state index in [2.05, 4.69) is 5.32 Å². The van der Waals surface area contributed by atoms with Gasteiger partial charge in [-0.2, -0.15) is 13.2 Å². The van der Waals surface area contributed by atoms with Crippen molar-refractivity contribution in [1.29, 1.82) is 0 Å². The number of carbonyl (C=O) groups excluding carboxylic acids is 1. The van der Waals surface area contributed by atoms with Crippen LogP contribution < -0.4 is 5.32 Å². The molecular formula is C8H11F3NO. The Balaban J connectivity index is 2.34. The minimum Gasteiger partial charge on any atom is -0.345 e. The van der Waals surface area contributed by atoms with E-state index in [1.807, 2.05) is 0 Å². The number of nitrogens with one attached hydrogen (secondary N) is 1. The van der Waals surface area contributed by atoms with E-state index in [1.165, 1.54) is 6.41 Å². The predicted octanol–water partition coefficient (Wildman–Crippen LogP) is 1.76. The molecule has 1 amide bonds. The summed E-state index contributed by atoms with van der Waals surface area (Å²) in [5.74, 6) is -1.18. The normalized spacial score (nSPS) is 29.8. The number of hydrogen-bond donors (Lipinski definition) is 1. The van der Waals surface area contributed by atoms with E-state index >= 15 is 0 Å². The Labute approximate surface area is 74.5 Å². The van der Waals surface area contributed by atoms with Crippen molar-refractivity contribution in [2.24, 2.45) is 5.92 Å². The Morgan fingerprint density at radius 1 is 1.15 bits per heavy atom. The summed E-state index contributed by atoms with van der Waals surface area (Å²) in [5.41, 5.74) is 0. The van der Waals surface area contributed by atoms with Gasteiger partial charge in [-0.3, -0.25) is 4.79 Å². The maximum Gasteiger partial charge on any atom is 0.391 e. The fourth-order valence-corrected chi connectivity index (χ4v) is 1.65. The van der Waals surface area contributed by atoms with Crippen LogP contribution in [0, 0.1) is 5.92 Å². The predicted molar refractivity (Wildman–Crippen MR) is 40.6 cm³/mol. The van der Waals surface area contributed by atoms with Gasteiger partial charge >= 0.3 is 12.6 Å². The summed E-state index contributed by atoms with van der Waals surface area (Å²) in [6.45, 7) is 0. The molecular weight excluding hydrogens is 183 g/mol. The largest absolute Gasteiger partial charge is 0.391 e. The maximum atomic E-state index is 12.2. The summed E-state index contributed by atoms with van der Waals surface area (Å²) >= 11 is 0. The van der Waals surface area contributed by atoms with Gasteiger partial charge in [0.25, 0.3) is 0 Å². The van der Waals surface area contributed by atoms with Crippen molar-refractivity contribution in [1.82, 2.24) is 5.32 Å². The van der Waals surface area contributed by atoms with Gasteiger partial charge in [-0.1, -0.05) is 0 Å². The highest BCUT2D eigenvalue weighted by atomic mass is 19.4. The highest BCUT2D eigenvalue weighted by molar-refractivity contribution is 5.47. The van der Waals surface area contributed by atoms with Gasteiger partial charge in [0.05, 0.1) is 5.92 Å². The van der Waals surface area contributed by atoms with E-state index in [1.54, 1.807) is 0 Å². The summed E-state index contributed by atoms with van der Waals surface area (Å²) in [7, 11) is 0. The first-order chi connectivity index (χ1) is 6.04. The van der Waals surface area contributed by atoms with Crippen molar-refractivity contribution >= 4 is 6.41 Å². The Hall–Kier alpha value is -0.740. The lowest BCUT2D eigenvalue weighted by molar-refractivity contribution is -0.182. The van der Waals surface area contributed by atoms with Crippen molar-refractivity contribution in [3.8, 4) is 0 Å². The van der Waals surface area contributed by atoms with Crippen molar-refractivity contribution in [3.63, 3.8) is 0 Å². The Kier molecular flexibility index (Phi) is 3.17. The first kappa shape index (κ1) is 10.3. The SMILES string of the molecule is O=[C]NC1CCC(C(F)(F)F)CC1. The molecule has 0 aromatic rings. The molecule has 0 bridgehead atoms. The summed E-state index contributed by atoms with van der Waals surface area (Å²) < 4.78 is 36.5. The fourth-order valence-electron chi connectivity index (χ4n) is 1.65. The van der Waals surface area contributed by atoms with Crippen LogP contribution in [0.5, 0.6) is 0 Å². The van der Waals surface area contributed by atoms with Gasteiger partial charge in [0.1, 0.15) is 0 Å². The number of rotatable bonds is 2. The minimum absolute atomic E-state index is 0.114. The van der Waals surface area contributed by atoms with Gasteiger partial charge in [-0.05, 0) is 25.7 Å². The van der Waals surface area contributed by atoms with E-state index in [0.717, 1.165) is 0 Å². The van der Waals surface area contributed by atoms with E-state index < -0.39 is 12.1 Å². The van der Waals surface area contributed by atoms with E-state index in [9.17, 15) is 18.0 Å². The highest BCUT2D eigenvalue weighted by Crippen LogP contribution is 2.37. The van der Waals surface area contributed by atoms with Crippen LogP contribution in [0.3, 0.4) is 0 Å². The zero-order valence-corrected chi connectivity index (χ0v) is 7.03. The highest BCUT2D eigenvalue weighted by Gasteiger charge is 2.41. The molecule has 0 aromatic carbocycles. The number of hydrogen-bond acceptors (Lipinski definition) is 1. The topological polar surface area (TPSA) is 29.1 Å². The zero-order chi connectivity index (χ0) is 9.90. The third-order valence-electron chi connectivity index (χ3n) is 2.45. The molecule has 0 heterocycles. The lowest BCUT2D eigenvalue weighted by Crippen LogP contribution is -2.36. The second kappa shape index (κ2) is 3.98. The molecule has 1 N–H and O–H groups in total. The molecule has 0 atom stereocenters. The first-order valence-corrected chi connectivity index (χ1v) is 4.23. The molecule has 1 aliphatic carbocycles. The van der Waals surface area contributed by atoms with Gasteiger partial charge in [0.2, 0.25) is 0 Å². The van der Waals surface area contributed by atoms with E-state index in [0.29, 0.717) is 12.8 Å². The lowest BCUT2D eigenvalue weighted by atomic mass is 9.86. The van der Waals surface area contributed by atoms with Crippen molar-refractivity contribution < 1.29 is 18.0 Å². The van der Waals surface area contributed by atoms with Gasteiger partial charge in [0, 0.05) is 6.04 Å². The van der Waals surface area contributed by atoms with Crippen LogP contribution in [0.15, 0.2) is 0 Å². The first-order valence-electron chi connectivity index (χ1n) is 4.23. The monoisotopic (exact) mass is 194 g/mol. The summed E-state index contributed by atoms with van der Waals surface area (Å²) in [4.78, 5) is 9.89. The Morgan fingerprint density at radius 2 is 1.69 bits per heavy atom. The molecule has 75 valence electrons. The molecule has 1 radical (unpaired) electrons. The average Bonchev–Trinajstić information content (AvgIpc) is 2.04. The molecule has 0 saturated heterocycles. The lowest BCUT2D eigenvalue weighted by Gasteiger charge is -2.29. The van der Waals surface area contributed by atoms with Gasteiger partial charge in [-0.15, -0.1) is 0 Å². The van der Waals surface area contributed by atoms with Crippen molar-refractivity contribution in [2.45, 2.75) is 37.9 Å². The van der Waals surface area contributed by atoms with Gasteiger partial charge in [0.15, 0.2) is 0 Å². The number of alkyl halides is 3. The van der Waals surface area contributed by atoms with E-state index in [-0.39, 0.29) is 18.9 Å². The quantitative estimate of drug-likeness (QED) is 0.667. The van der Waals surface area contributed by atoms with Crippen LogP contribution in [0.1, 0.15) is 25.7 Å². The van der Waals surface area contributed by atoms with Crippen LogP contribution in [-0.4, -0.2) is 18.6 Å². The standard InChI is InChI=1S/C8H11F3NO/c9-8(10,11)6-1-3-7(4-2-6)12-5-13/h6-7H,1-4H2,(H,12,13). The molecule has 2 nitrogen and oxygen atoms in total. The van der Waals surface area contributed by atoms with Crippen LogP contribution in [-0.2, 0) is 4.79 Å². The molecule has 1 fully saturated rings. The van der Waals surface area contributed by atoms with E-state index in [4.69, 9.17) is 0 Å². The molecule has 0 aromatic heterocycles. The smallest absolute Gasteiger partial charge is 0.345 e. The fraction of sp³-hybridized carbons (Fsp3) is 0.875. The van der Waals surface area contributed by atoms with Gasteiger partial charge in [-0.25, -0.2) is 0 Å². The number of halogens is 3. The molecule has 13 heavy (non-hydrogen) atoms. The molecule has 1 rings (SSSR count). The molecule has 1 aliphatic rings. The molecule has 1 saturated carbocycles. The number of amides is 1. The van der Waals surface area contributed by atoms with Crippen molar-refractivity contribution in [3.05, 3.63) is 0 Å². The third kappa shape index (κ3) is 2.90. The second-order valence-corrected chi connectivity index (χ2v) is 3.34. The zero-order valence-electron chi connectivity index (χ0n) is 7.03. The summed E-state index contributed by atoms with van der Waals surface area (Å²) in [6.07, 6.45) is -1.53.